The van der Waals surface area contributed by atoms with Gasteiger partial charge in [-0.15, -0.1) is 0 Å². The van der Waals surface area contributed by atoms with Crippen LogP contribution in [0.15, 0.2) is 24.3 Å². The zero-order valence-corrected chi connectivity index (χ0v) is 20.0. The number of amides is 2. The van der Waals surface area contributed by atoms with Crippen LogP contribution in [0.4, 0.5) is 0 Å². The van der Waals surface area contributed by atoms with E-state index in [-0.39, 0.29) is 17.7 Å². The van der Waals surface area contributed by atoms with Crippen molar-refractivity contribution in [2.24, 2.45) is 13.0 Å². The fraction of sp³-hybridized carbons (Fsp3) is 0.542. The molecule has 1 atom stereocenters. The van der Waals surface area contributed by atoms with Gasteiger partial charge in [-0.2, -0.15) is 5.10 Å². The lowest BCUT2D eigenvalue weighted by Crippen LogP contribution is -2.56. The van der Waals surface area contributed by atoms with E-state index in [1.54, 1.807) is 31.4 Å². The molecule has 2 amide bonds. The second kappa shape index (κ2) is 10.2. The Morgan fingerprint density at radius 1 is 1.09 bits per heavy atom. The molecular formula is C24H35N5O3. The van der Waals surface area contributed by atoms with Crippen LogP contribution in [0.25, 0.3) is 0 Å². The van der Waals surface area contributed by atoms with Gasteiger partial charge in [0.15, 0.2) is 0 Å². The van der Waals surface area contributed by atoms with Gasteiger partial charge in [0.05, 0.1) is 12.8 Å². The molecule has 0 spiro atoms. The van der Waals surface area contributed by atoms with Crippen LogP contribution < -0.4 is 10.1 Å². The Hall–Kier alpha value is -2.87. The van der Waals surface area contributed by atoms with Crippen LogP contribution in [0.2, 0.25) is 0 Å². The third kappa shape index (κ3) is 5.30. The molecule has 8 heteroatoms. The Bertz CT molecular complexity index is 943. The number of ether oxygens (including phenoxy) is 1. The number of nitrogens with one attached hydrogen (secondary N) is 1. The number of nitrogens with zero attached hydrogens (tertiary/aromatic N) is 4. The molecule has 32 heavy (non-hydrogen) atoms. The molecule has 0 saturated carbocycles. The van der Waals surface area contributed by atoms with Gasteiger partial charge in [0.1, 0.15) is 11.8 Å². The van der Waals surface area contributed by atoms with E-state index in [0.717, 1.165) is 25.3 Å². The predicted molar refractivity (Wildman–Crippen MR) is 124 cm³/mol. The number of carbonyl (C=O) groups excluding carboxylic acids is 2. The van der Waals surface area contributed by atoms with Gasteiger partial charge in [-0.1, -0.05) is 13.8 Å². The standard InChI is InChI=1S/C24H35N5O3/c1-16(2)22(25-23(30)19-7-9-20(32-6)10-8-19)24(31)29-13-11-28(12-14-29)15-21-17(3)26-27(5)18(21)4/h7-10,16,22H,11-15H2,1-6H3,(H,25,30). The van der Waals surface area contributed by atoms with Gasteiger partial charge in [-0.3, -0.25) is 19.2 Å². The Morgan fingerprint density at radius 3 is 2.22 bits per heavy atom. The molecule has 1 saturated heterocycles. The van der Waals surface area contributed by atoms with Crippen molar-refractivity contribution in [3.8, 4) is 5.75 Å². The molecule has 0 bridgehead atoms. The van der Waals surface area contributed by atoms with Crippen LogP contribution in [0.1, 0.15) is 41.2 Å². The number of aryl methyl sites for hydroxylation is 2. The molecule has 1 aromatic heterocycles. The average Bonchev–Trinajstić information content (AvgIpc) is 3.03. The number of piperazine rings is 1. The molecule has 174 valence electrons. The number of aromatic nitrogens is 2. The topological polar surface area (TPSA) is 79.7 Å². The lowest BCUT2D eigenvalue weighted by molar-refractivity contribution is -0.136. The first-order chi connectivity index (χ1) is 15.2. The summed E-state index contributed by atoms with van der Waals surface area (Å²) in [5.74, 6) is 0.409. The van der Waals surface area contributed by atoms with Crippen molar-refractivity contribution in [3.05, 3.63) is 46.8 Å². The van der Waals surface area contributed by atoms with E-state index in [1.807, 2.05) is 37.4 Å². The summed E-state index contributed by atoms with van der Waals surface area (Å²) < 4.78 is 7.06. The SMILES string of the molecule is COc1ccc(C(=O)NC(C(=O)N2CCN(Cc3c(C)nn(C)c3C)CC2)C(C)C)cc1. The number of hydrogen-bond donors (Lipinski definition) is 1. The van der Waals surface area contributed by atoms with Gasteiger partial charge in [-0.25, -0.2) is 0 Å². The molecule has 1 aromatic carbocycles. The quantitative estimate of drug-likeness (QED) is 0.712. The summed E-state index contributed by atoms with van der Waals surface area (Å²) in [6.45, 7) is 11.8. The first-order valence-electron chi connectivity index (χ1n) is 11.2. The second-order valence-electron chi connectivity index (χ2n) is 8.80. The largest absolute Gasteiger partial charge is 0.497 e. The lowest BCUT2D eigenvalue weighted by Gasteiger charge is -2.37. The maximum absolute atomic E-state index is 13.2. The van der Waals surface area contributed by atoms with E-state index >= 15 is 0 Å². The number of hydrogen-bond acceptors (Lipinski definition) is 5. The van der Waals surface area contributed by atoms with E-state index in [2.05, 4.69) is 22.2 Å². The Morgan fingerprint density at radius 2 is 1.72 bits per heavy atom. The van der Waals surface area contributed by atoms with Gasteiger partial charge in [-0.05, 0) is 44.0 Å². The highest BCUT2D eigenvalue weighted by Gasteiger charge is 2.31. The number of methoxy groups -OCH3 is 1. The summed E-state index contributed by atoms with van der Waals surface area (Å²) in [6, 6.07) is 6.34. The fourth-order valence-corrected chi connectivity index (χ4v) is 4.07. The van der Waals surface area contributed by atoms with Crippen LogP contribution in [-0.2, 0) is 18.4 Å². The molecule has 0 aliphatic carbocycles. The first kappa shape index (κ1) is 23.8. The fourth-order valence-electron chi connectivity index (χ4n) is 4.07. The summed E-state index contributed by atoms with van der Waals surface area (Å²) in [6.07, 6.45) is 0. The Labute approximate surface area is 190 Å². The van der Waals surface area contributed by atoms with Crippen molar-refractivity contribution in [1.82, 2.24) is 24.9 Å². The highest BCUT2D eigenvalue weighted by atomic mass is 16.5. The zero-order valence-electron chi connectivity index (χ0n) is 20.0. The summed E-state index contributed by atoms with van der Waals surface area (Å²) >= 11 is 0. The van der Waals surface area contributed by atoms with Crippen molar-refractivity contribution in [1.29, 1.82) is 0 Å². The van der Waals surface area contributed by atoms with Crippen molar-refractivity contribution < 1.29 is 14.3 Å². The number of benzene rings is 1. The van der Waals surface area contributed by atoms with Crippen molar-refractivity contribution in [3.63, 3.8) is 0 Å². The predicted octanol–water partition coefficient (Wildman–Crippen LogP) is 2.14. The summed E-state index contributed by atoms with van der Waals surface area (Å²) in [4.78, 5) is 30.2. The summed E-state index contributed by atoms with van der Waals surface area (Å²) in [5.41, 5.74) is 4.02. The van der Waals surface area contributed by atoms with E-state index in [4.69, 9.17) is 4.74 Å². The normalized spacial score (nSPS) is 15.7. The molecule has 1 N–H and O–H groups in total. The number of carbonyl (C=O) groups is 2. The van der Waals surface area contributed by atoms with Crippen LogP contribution >= 0.6 is 0 Å². The average molecular weight is 442 g/mol. The number of rotatable bonds is 7. The molecule has 1 fully saturated rings. The highest BCUT2D eigenvalue weighted by Crippen LogP contribution is 2.17. The van der Waals surface area contributed by atoms with Crippen LogP contribution in [0.5, 0.6) is 5.75 Å². The third-order valence-electron chi connectivity index (χ3n) is 6.30. The molecule has 1 aliphatic heterocycles. The van der Waals surface area contributed by atoms with Gasteiger partial charge in [0.25, 0.3) is 5.91 Å². The minimum atomic E-state index is -0.557. The van der Waals surface area contributed by atoms with Crippen molar-refractivity contribution in [2.45, 2.75) is 40.3 Å². The first-order valence-corrected chi connectivity index (χ1v) is 11.2. The maximum Gasteiger partial charge on any atom is 0.251 e. The van der Waals surface area contributed by atoms with E-state index in [0.29, 0.717) is 24.4 Å². The summed E-state index contributed by atoms with van der Waals surface area (Å²) in [5, 5.41) is 7.44. The Kier molecular flexibility index (Phi) is 7.56. The maximum atomic E-state index is 13.2. The van der Waals surface area contributed by atoms with Crippen molar-refractivity contribution in [2.75, 3.05) is 33.3 Å². The molecular weight excluding hydrogens is 406 g/mol. The lowest BCUT2D eigenvalue weighted by atomic mass is 10.0. The minimum Gasteiger partial charge on any atom is -0.497 e. The molecule has 1 unspecified atom stereocenters. The second-order valence-corrected chi connectivity index (χ2v) is 8.80. The molecule has 2 heterocycles. The third-order valence-corrected chi connectivity index (χ3v) is 6.30. The molecule has 1 aliphatic rings. The minimum absolute atomic E-state index is 0.0107. The van der Waals surface area contributed by atoms with Crippen LogP contribution in [0.3, 0.4) is 0 Å². The Balaban J connectivity index is 1.59. The smallest absolute Gasteiger partial charge is 0.251 e. The van der Waals surface area contributed by atoms with Crippen molar-refractivity contribution >= 4 is 11.8 Å². The monoisotopic (exact) mass is 441 g/mol. The van der Waals surface area contributed by atoms with Gasteiger partial charge >= 0.3 is 0 Å². The summed E-state index contributed by atoms with van der Waals surface area (Å²) in [7, 11) is 3.55. The van der Waals surface area contributed by atoms with E-state index in [9.17, 15) is 9.59 Å². The molecule has 2 aromatic rings. The van der Waals surface area contributed by atoms with E-state index in [1.165, 1.54) is 11.3 Å². The van der Waals surface area contributed by atoms with Crippen LogP contribution in [0, 0.1) is 19.8 Å². The van der Waals surface area contributed by atoms with Gasteiger partial charge in [0, 0.05) is 56.6 Å². The molecule has 8 nitrogen and oxygen atoms in total. The zero-order chi connectivity index (χ0) is 23.4. The molecule has 3 rings (SSSR count). The highest BCUT2D eigenvalue weighted by molar-refractivity contribution is 5.97. The van der Waals surface area contributed by atoms with E-state index < -0.39 is 6.04 Å². The van der Waals surface area contributed by atoms with Gasteiger partial charge in [0.2, 0.25) is 5.91 Å². The van der Waals surface area contributed by atoms with Crippen LogP contribution in [-0.4, -0.2) is 70.7 Å². The van der Waals surface area contributed by atoms with Gasteiger partial charge < -0.3 is 15.0 Å². The molecule has 0 radical (unpaired) electrons.